The topological polar surface area (TPSA) is 101 Å². The van der Waals surface area contributed by atoms with Crippen LogP contribution in [-0.2, 0) is 33.3 Å². The number of esters is 1. The van der Waals surface area contributed by atoms with E-state index in [9.17, 15) is 14.4 Å². The summed E-state index contributed by atoms with van der Waals surface area (Å²) >= 11 is 0. The summed E-state index contributed by atoms with van der Waals surface area (Å²) in [5.74, 6) is -1.27. The molecule has 0 bridgehead atoms. The van der Waals surface area contributed by atoms with Gasteiger partial charge >= 0.3 is 12.1 Å². The van der Waals surface area contributed by atoms with Crippen LogP contribution in [0.15, 0.2) is 11.8 Å². The van der Waals surface area contributed by atoms with Crippen LogP contribution in [0.3, 0.4) is 0 Å². The Morgan fingerprint density at radius 1 is 1.21 bits per heavy atom. The first-order valence-corrected chi connectivity index (χ1v) is 9.39. The molecule has 2 aliphatic heterocycles. The zero-order valence-electron chi connectivity index (χ0n) is 17.2. The number of cyclic esters (lactones) is 1. The first-order chi connectivity index (χ1) is 13.1. The molecule has 2 aliphatic rings. The molecule has 2 rings (SSSR count). The maximum Gasteiger partial charge on any atom is 0.417 e. The van der Waals surface area contributed by atoms with E-state index < -0.39 is 42.5 Å². The lowest BCUT2D eigenvalue weighted by Crippen LogP contribution is -2.51. The van der Waals surface area contributed by atoms with Crippen LogP contribution in [0.25, 0.3) is 0 Å². The first kappa shape index (κ1) is 22.2. The van der Waals surface area contributed by atoms with Crippen LogP contribution in [0, 0.1) is 5.41 Å². The van der Waals surface area contributed by atoms with Crippen LogP contribution in [0.1, 0.15) is 41.5 Å². The normalized spacial score (nSPS) is 27.7. The molecule has 0 radical (unpaired) electrons. The van der Waals surface area contributed by atoms with Gasteiger partial charge in [0.15, 0.2) is 11.9 Å². The van der Waals surface area contributed by atoms with E-state index in [0.29, 0.717) is 6.61 Å². The Hall–Kier alpha value is -2.13. The molecule has 28 heavy (non-hydrogen) atoms. The predicted octanol–water partition coefficient (Wildman–Crippen LogP) is 1.99. The lowest BCUT2D eigenvalue weighted by molar-refractivity contribution is -0.223. The third-order valence-corrected chi connectivity index (χ3v) is 4.45. The molecule has 0 spiro atoms. The minimum Gasteiger partial charge on any atom is -0.455 e. The minimum absolute atomic E-state index is 0.103. The van der Waals surface area contributed by atoms with E-state index in [2.05, 4.69) is 0 Å². The molecule has 1 fully saturated rings. The molecule has 0 aromatic heterocycles. The van der Waals surface area contributed by atoms with Crippen molar-refractivity contribution in [3.63, 3.8) is 0 Å². The van der Waals surface area contributed by atoms with Crippen LogP contribution >= 0.6 is 0 Å². The van der Waals surface area contributed by atoms with Gasteiger partial charge in [0.2, 0.25) is 6.29 Å². The Balaban J connectivity index is 2.35. The smallest absolute Gasteiger partial charge is 0.417 e. The molecule has 2 heterocycles. The number of rotatable bonds is 6. The van der Waals surface area contributed by atoms with E-state index in [0.717, 1.165) is 4.90 Å². The van der Waals surface area contributed by atoms with Crippen molar-refractivity contribution in [1.29, 1.82) is 0 Å². The lowest BCUT2D eigenvalue weighted by Gasteiger charge is -2.37. The summed E-state index contributed by atoms with van der Waals surface area (Å²) in [4.78, 5) is 37.9. The van der Waals surface area contributed by atoms with Crippen molar-refractivity contribution in [2.75, 3.05) is 19.8 Å². The van der Waals surface area contributed by atoms with E-state index in [4.69, 9.17) is 23.7 Å². The summed E-state index contributed by atoms with van der Waals surface area (Å²) in [6.45, 7) is 11.2. The number of carbonyl (C=O) groups is 3. The highest BCUT2D eigenvalue weighted by molar-refractivity contribution is 6.02. The molecule has 9 nitrogen and oxygen atoms in total. The van der Waals surface area contributed by atoms with Gasteiger partial charge < -0.3 is 23.7 Å². The Labute approximate surface area is 164 Å². The predicted molar refractivity (Wildman–Crippen MR) is 97.0 cm³/mol. The molecule has 1 saturated heterocycles. The highest BCUT2D eigenvalue weighted by Gasteiger charge is 2.48. The van der Waals surface area contributed by atoms with E-state index in [1.807, 2.05) is 20.8 Å². The summed E-state index contributed by atoms with van der Waals surface area (Å²) in [6.07, 6.45) is -1.98. The highest BCUT2D eigenvalue weighted by atomic mass is 16.7. The number of carbonyl (C=O) groups excluding carboxylic acids is 3. The van der Waals surface area contributed by atoms with Crippen molar-refractivity contribution in [3.8, 4) is 0 Å². The summed E-state index contributed by atoms with van der Waals surface area (Å²) in [5.41, 5.74) is -0.379. The first-order valence-electron chi connectivity index (χ1n) is 9.39. The fraction of sp³-hybridized carbons (Fsp3) is 0.737. The van der Waals surface area contributed by atoms with Gasteiger partial charge in [0.05, 0.1) is 6.04 Å². The van der Waals surface area contributed by atoms with E-state index in [-0.39, 0.29) is 24.4 Å². The standard InChI is InChI=1S/C19H29NO8/c1-7-24-12-9-13(28-17(25-8-2)15(12)27-11(3)21)16(22)20-14(19(4,5)6)10-26-18(20)23/h9,12,14-15,17H,7-8,10H2,1-6H3/t12?,14-,15?,17?/m1/s1. The summed E-state index contributed by atoms with van der Waals surface area (Å²) < 4.78 is 27.2. The average molecular weight is 399 g/mol. The van der Waals surface area contributed by atoms with Crippen molar-refractivity contribution in [1.82, 2.24) is 4.90 Å². The number of hydrogen-bond donors (Lipinski definition) is 0. The molecule has 0 saturated carbocycles. The van der Waals surface area contributed by atoms with Crippen molar-refractivity contribution >= 4 is 18.0 Å². The number of imide groups is 1. The molecule has 9 heteroatoms. The third kappa shape index (κ3) is 4.82. The van der Waals surface area contributed by atoms with Crippen molar-refractivity contribution < 1.29 is 38.1 Å². The fourth-order valence-electron chi connectivity index (χ4n) is 3.10. The molecule has 0 aromatic rings. The fourth-order valence-corrected chi connectivity index (χ4v) is 3.10. The van der Waals surface area contributed by atoms with Gasteiger partial charge in [-0.2, -0.15) is 0 Å². The molecule has 0 N–H and O–H groups in total. The summed E-state index contributed by atoms with van der Waals surface area (Å²) in [6, 6.07) is -0.445. The maximum absolute atomic E-state index is 13.1. The molecule has 0 aliphatic carbocycles. The number of hydrogen-bond acceptors (Lipinski definition) is 8. The second-order valence-corrected chi connectivity index (χ2v) is 7.60. The largest absolute Gasteiger partial charge is 0.455 e. The van der Waals surface area contributed by atoms with E-state index in [1.165, 1.54) is 13.0 Å². The molecule has 0 aromatic carbocycles. The summed E-state index contributed by atoms with van der Waals surface area (Å²) in [5, 5.41) is 0. The van der Waals surface area contributed by atoms with Crippen LogP contribution in [0.2, 0.25) is 0 Å². The highest BCUT2D eigenvalue weighted by Crippen LogP contribution is 2.32. The Morgan fingerprint density at radius 2 is 1.86 bits per heavy atom. The Kier molecular flexibility index (Phi) is 7.06. The average Bonchev–Trinajstić information content (AvgIpc) is 2.98. The second-order valence-electron chi connectivity index (χ2n) is 7.60. The maximum atomic E-state index is 13.1. The molecule has 3 unspecified atom stereocenters. The van der Waals surface area contributed by atoms with Crippen molar-refractivity contribution in [2.24, 2.45) is 5.41 Å². The van der Waals surface area contributed by atoms with Gasteiger partial charge in [-0.25, -0.2) is 9.69 Å². The van der Waals surface area contributed by atoms with Crippen LogP contribution in [-0.4, -0.2) is 67.2 Å². The quantitative estimate of drug-likeness (QED) is 0.625. The van der Waals surface area contributed by atoms with Gasteiger partial charge in [0.1, 0.15) is 12.7 Å². The van der Waals surface area contributed by atoms with E-state index >= 15 is 0 Å². The van der Waals surface area contributed by atoms with Gasteiger partial charge in [-0.3, -0.25) is 9.59 Å². The van der Waals surface area contributed by atoms with Crippen molar-refractivity contribution in [3.05, 3.63) is 11.8 Å². The van der Waals surface area contributed by atoms with Gasteiger partial charge in [0, 0.05) is 20.1 Å². The zero-order valence-corrected chi connectivity index (χ0v) is 17.2. The van der Waals surface area contributed by atoms with Crippen LogP contribution < -0.4 is 0 Å². The summed E-state index contributed by atoms with van der Waals surface area (Å²) in [7, 11) is 0. The third-order valence-electron chi connectivity index (χ3n) is 4.45. The minimum atomic E-state index is -1.04. The van der Waals surface area contributed by atoms with Gasteiger partial charge in [0.25, 0.3) is 5.91 Å². The molecule has 4 atom stereocenters. The van der Waals surface area contributed by atoms with Crippen molar-refractivity contribution in [2.45, 2.75) is 66.1 Å². The number of ether oxygens (including phenoxy) is 5. The zero-order chi connectivity index (χ0) is 21.1. The van der Waals surface area contributed by atoms with Gasteiger partial charge in [-0.15, -0.1) is 0 Å². The SMILES string of the molecule is CCOC1C=C(C(=O)N2C(=O)OC[C@@H]2C(C)(C)C)OC(OCC)C1OC(C)=O. The number of nitrogens with zero attached hydrogens (tertiary/aromatic N) is 1. The number of amides is 2. The Morgan fingerprint density at radius 3 is 2.39 bits per heavy atom. The van der Waals surface area contributed by atoms with Crippen LogP contribution in [0.5, 0.6) is 0 Å². The Bertz CT molecular complexity index is 638. The second kappa shape index (κ2) is 8.91. The lowest BCUT2D eigenvalue weighted by atomic mass is 9.86. The van der Waals surface area contributed by atoms with Gasteiger partial charge in [-0.1, -0.05) is 20.8 Å². The monoisotopic (exact) mass is 399 g/mol. The van der Waals surface area contributed by atoms with Gasteiger partial charge in [-0.05, 0) is 25.3 Å². The molecular formula is C19H29NO8. The molecule has 158 valence electrons. The van der Waals surface area contributed by atoms with E-state index in [1.54, 1.807) is 13.8 Å². The molecular weight excluding hydrogens is 370 g/mol. The molecule has 2 amide bonds. The van der Waals surface area contributed by atoms with Crippen LogP contribution in [0.4, 0.5) is 4.79 Å².